The summed E-state index contributed by atoms with van der Waals surface area (Å²) in [4.78, 5) is 27.2. The Morgan fingerprint density at radius 1 is 0.868 bits per heavy atom. The van der Waals surface area contributed by atoms with Crippen LogP contribution in [0.4, 0.5) is 45.1 Å². The second kappa shape index (κ2) is 20.0. The number of ether oxygens (including phenoxy) is 4. The molecule has 4 aromatic rings. The first-order chi connectivity index (χ1) is 25.5. The molecular weight excluding hydrogens is 702 g/mol. The highest BCUT2D eigenvalue weighted by molar-refractivity contribution is 6.35. The molecule has 1 aromatic heterocycles. The monoisotopic (exact) mass is 743 g/mol. The third-order valence-electron chi connectivity index (χ3n) is 7.40. The molecule has 3 aromatic carbocycles. The van der Waals surface area contributed by atoms with Crippen LogP contribution in [0.3, 0.4) is 0 Å². The van der Waals surface area contributed by atoms with Gasteiger partial charge < -0.3 is 50.3 Å². The van der Waals surface area contributed by atoms with Crippen LogP contribution in [-0.4, -0.2) is 81.9 Å². The van der Waals surface area contributed by atoms with Gasteiger partial charge in [-0.05, 0) is 61.5 Å². The topological polar surface area (TPSA) is 155 Å². The zero-order chi connectivity index (χ0) is 38.2. The average Bonchev–Trinajstić information content (AvgIpc) is 3.76. The second-order valence-electron chi connectivity index (χ2n) is 11.3. The van der Waals surface area contributed by atoms with Gasteiger partial charge in [-0.25, -0.2) is 9.18 Å². The van der Waals surface area contributed by atoms with E-state index in [1.165, 1.54) is 0 Å². The number of aliphatic hydroxyl groups excluding tert-OH is 1. The summed E-state index contributed by atoms with van der Waals surface area (Å²) < 4.78 is 75.3. The minimum atomic E-state index is -4.79. The van der Waals surface area contributed by atoms with Crippen LogP contribution in [-0.2, 0) is 25.2 Å². The molecule has 284 valence electrons. The highest BCUT2D eigenvalue weighted by Gasteiger charge is 2.33. The van der Waals surface area contributed by atoms with E-state index in [2.05, 4.69) is 26.3 Å². The molecule has 2 heterocycles. The number of benzene rings is 3. The normalized spacial score (nSPS) is 12.8. The van der Waals surface area contributed by atoms with Crippen molar-refractivity contribution in [2.24, 2.45) is 0 Å². The van der Waals surface area contributed by atoms with Crippen molar-refractivity contribution in [1.29, 1.82) is 0 Å². The number of aromatic amines is 1. The number of carbonyl (C=O) groups is 2. The highest BCUT2D eigenvalue weighted by Crippen LogP contribution is 2.37. The molecule has 16 heteroatoms. The van der Waals surface area contributed by atoms with Crippen molar-refractivity contribution in [3.05, 3.63) is 101 Å². The van der Waals surface area contributed by atoms with Crippen molar-refractivity contribution in [3.8, 4) is 5.75 Å². The number of hydrogen-bond acceptors (Lipinski definition) is 8. The van der Waals surface area contributed by atoms with Gasteiger partial charge >= 0.3 is 12.2 Å². The predicted octanol–water partition coefficient (Wildman–Crippen LogP) is 6.77. The third-order valence-corrected chi connectivity index (χ3v) is 7.40. The number of nitrogens with one attached hydrogen (secondary N) is 5. The molecule has 6 N–H and O–H groups in total. The number of halogens is 4. The zero-order valence-electron chi connectivity index (χ0n) is 29.1. The Hall–Kier alpha value is -5.42. The maximum absolute atomic E-state index is 14.8. The minimum Gasteiger partial charge on any atom is -0.488 e. The van der Waals surface area contributed by atoms with Crippen LogP contribution in [0.25, 0.3) is 11.6 Å². The Morgan fingerprint density at radius 3 is 2.15 bits per heavy atom. The smallest absolute Gasteiger partial charge is 0.416 e. The van der Waals surface area contributed by atoms with Crippen molar-refractivity contribution in [2.75, 3.05) is 81.2 Å². The summed E-state index contributed by atoms with van der Waals surface area (Å²) in [6.07, 6.45) is -1.09. The first kappa shape index (κ1) is 40.4. The predicted molar refractivity (Wildman–Crippen MR) is 194 cm³/mol. The van der Waals surface area contributed by atoms with Crippen molar-refractivity contribution in [3.63, 3.8) is 0 Å². The van der Waals surface area contributed by atoms with E-state index < -0.39 is 35.0 Å². The Bertz CT molecular complexity index is 1820. The lowest BCUT2D eigenvalue weighted by molar-refractivity contribution is -0.137. The molecule has 53 heavy (non-hydrogen) atoms. The molecule has 1 aliphatic heterocycles. The molecule has 0 spiro atoms. The Kier molecular flexibility index (Phi) is 15.2. The number of rotatable bonds is 16. The number of hydrogen-bond donors (Lipinski definition) is 6. The number of fused-ring (bicyclic) bond motifs is 1. The SMILES string of the molecule is CNc1ccc2c(c1)NC(=O)/C2=C\c1ccc[nH]1.Cc1ccc(NC(=O)Nc2cc(C(F)(F)F)cc(OCCOCCOCCOCCO)c2F)cc1. The fraction of sp³-hybridized carbons (Fsp3) is 0.297. The van der Waals surface area contributed by atoms with E-state index >= 15 is 0 Å². The number of urea groups is 1. The summed E-state index contributed by atoms with van der Waals surface area (Å²) in [6.45, 7) is 2.78. The number of anilines is 4. The fourth-order valence-corrected chi connectivity index (χ4v) is 4.78. The molecule has 5 rings (SSSR count). The molecule has 0 saturated heterocycles. The van der Waals surface area contributed by atoms with E-state index in [9.17, 15) is 27.2 Å². The molecule has 0 saturated carbocycles. The first-order valence-electron chi connectivity index (χ1n) is 16.5. The Labute approximate surface area is 303 Å². The van der Waals surface area contributed by atoms with E-state index in [4.69, 9.17) is 24.1 Å². The van der Waals surface area contributed by atoms with E-state index in [1.54, 1.807) is 24.3 Å². The number of aliphatic hydroxyl groups is 1. The molecule has 1 aliphatic rings. The molecular formula is C37H41F4N5O7. The maximum atomic E-state index is 14.8. The summed E-state index contributed by atoms with van der Waals surface area (Å²) in [6, 6.07) is 16.4. The van der Waals surface area contributed by atoms with Gasteiger partial charge in [0.25, 0.3) is 5.91 Å². The molecule has 12 nitrogen and oxygen atoms in total. The zero-order valence-corrected chi connectivity index (χ0v) is 29.1. The van der Waals surface area contributed by atoms with Crippen LogP contribution < -0.4 is 26.0 Å². The van der Waals surface area contributed by atoms with Crippen molar-refractivity contribution in [2.45, 2.75) is 13.1 Å². The van der Waals surface area contributed by atoms with Gasteiger partial charge in [0.2, 0.25) is 0 Å². The third kappa shape index (κ3) is 12.6. The van der Waals surface area contributed by atoms with Gasteiger partial charge in [-0.1, -0.05) is 23.8 Å². The van der Waals surface area contributed by atoms with Crippen LogP contribution in [0.5, 0.6) is 5.75 Å². The maximum Gasteiger partial charge on any atom is 0.416 e. The van der Waals surface area contributed by atoms with Crippen LogP contribution >= 0.6 is 0 Å². The summed E-state index contributed by atoms with van der Waals surface area (Å²) in [7, 11) is 1.86. The van der Waals surface area contributed by atoms with Crippen LogP contribution in [0.15, 0.2) is 72.9 Å². The van der Waals surface area contributed by atoms with Crippen molar-refractivity contribution in [1.82, 2.24) is 4.98 Å². The summed E-state index contributed by atoms with van der Waals surface area (Å²) in [5, 5.41) is 19.0. The summed E-state index contributed by atoms with van der Waals surface area (Å²) in [5.41, 5.74) is 3.85. The molecule has 0 aliphatic carbocycles. The van der Waals surface area contributed by atoms with Crippen molar-refractivity contribution >= 4 is 46.3 Å². The quantitative estimate of drug-likeness (QED) is 0.0418. The van der Waals surface area contributed by atoms with Gasteiger partial charge in [-0.3, -0.25) is 4.79 Å². The molecule has 0 fully saturated rings. The summed E-state index contributed by atoms with van der Waals surface area (Å²) in [5.74, 6) is -1.89. The lowest BCUT2D eigenvalue weighted by Crippen LogP contribution is -2.21. The van der Waals surface area contributed by atoms with Gasteiger partial charge in [0.15, 0.2) is 11.6 Å². The van der Waals surface area contributed by atoms with E-state index in [-0.39, 0.29) is 45.5 Å². The Balaban J connectivity index is 0.000000288. The number of aryl methyl sites for hydroxylation is 1. The molecule has 0 atom stereocenters. The number of carbonyl (C=O) groups excluding carboxylic acids is 2. The fourth-order valence-electron chi connectivity index (χ4n) is 4.78. The van der Waals surface area contributed by atoms with Crippen LogP contribution in [0.2, 0.25) is 0 Å². The minimum absolute atomic E-state index is 0.0310. The molecule has 3 amide bonds. The number of amides is 3. The summed E-state index contributed by atoms with van der Waals surface area (Å²) >= 11 is 0. The van der Waals surface area contributed by atoms with E-state index in [1.807, 2.05) is 56.6 Å². The molecule has 0 bridgehead atoms. The van der Waals surface area contributed by atoms with Gasteiger partial charge in [0.1, 0.15) is 6.61 Å². The average molecular weight is 744 g/mol. The number of alkyl halides is 3. The van der Waals surface area contributed by atoms with Gasteiger partial charge in [-0.2, -0.15) is 13.2 Å². The Morgan fingerprint density at radius 2 is 1.53 bits per heavy atom. The van der Waals surface area contributed by atoms with Gasteiger partial charge in [0, 0.05) is 35.9 Å². The molecule has 0 unspecified atom stereocenters. The van der Waals surface area contributed by atoms with Crippen molar-refractivity contribution < 1.29 is 51.2 Å². The lowest BCUT2D eigenvalue weighted by Gasteiger charge is -2.16. The largest absolute Gasteiger partial charge is 0.488 e. The highest BCUT2D eigenvalue weighted by atomic mass is 19.4. The van der Waals surface area contributed by atoms with Crippen LogP contribution in [0, 0.1) is 12.7 Å². The van der Waals surface area contributed by atoms with Gasteiger partial charge in [-0.15, -0.1) is 0 Å². The number of H-pyrrole nitrogens is 1. The second-order valence-corrected chi connectivity index (χ2v) is 11.3. The lowest BCUT2D eigenvalue weighted by atomic mass is 10.1. The van der Waals surface area contributed by atoms with E-state index in [0.717, 1.165) is 28.2 Å². The molecule has 0 radical (unpaired) electrons. The standard InChI is InChI=1S/C23H28F4N2O6.C14H13N3O/c1-16-2-4-18(5-3-16)28-22(31)29-19-14-17(23(25,26)27)15-20(21(19)24)35-13-12-34-11-10-33-9-8-32-7-6-30;1-15-9-4-5-11-12(7-10-3-2-6-16-10)14(18)17-13(11)8-9/h2-5,14-15,30H,6-13H2,1H3,(H2,28,29,31);2-8,15-16H,1H3,(H,17,18)/b;12-7-. The number of aromatic nitrogens is 1. The van der Waals surface area contributed by atoms with Crippen LogP contribution in [0.1, 0.15) is 22.4 Å². The van der Waals surface area contributed by atoms with Gasteiger partial charge in [0.05, 0.1) is 68.8 Å². The van der Waals surface area contributed by atoms with E-state index in [0.29, 0.717) is 36.6 Å². The first-order valence-corrected chi connectivity index (χ1v) is 16.5.